The van der Waals surface area contributed by atoms with Crippen LogP contribution in [0, 0.1) is 7.14 Å². The van der Waals surface area contributed by atoms with Gasteiger partial charge in [0, 0.05) is 27.4 Å². The Bertz CT molecular complexity index is 579. The highest BCUT2D eigenvalue weighted by Gasteiger charge is 2.36. The average molecular weight is 459 g/mol. The van der Waals surface area contributed by atoms with Crippen molar-refractivity contribution in [1.29, 1.82) is 0 Å². The second-order valence-electron chi connectivity index (χ2n) is 5.09. The molecule has 4 nitrogen and oxygen atoms in total. The van der Waals surface area contributed by atoms with E-state index in [1.165, 1.54) is 7.14 Å². The van der Waals surface area contributed by atoms with Crippen molar-refractivity contribution in [3.8, 4) is 5.75 Å². The minimum Gasteiger partial charge on any atom is -0.494 e. The van der Waals surface area contributed by atoms with Crippen molar-refractivity contribution in [3.63, 3.8) is 0 Å². The molecule has 0 saturated carbocycles. The molecule has 0 N–H and O–H groups in total. The number of halogens is 1. The van der Waals surface area contributed by atoms with Gasteiger partial charge in [0.05, 0.1) is 6.61 Å². The van der Waals surface area contributed by atoms with E-state index in [2.05, 4.69) is 42.5 Å². The first-order valence-electron chi connectivity index (χ1n) is 7.79. The second-order valence-corrected chi connectivity index (χ2v) is 11.2. The number of benzene rings is 2. The largest absolute Gasteiger partial charge is 0.500 e. The van der Waals surface area contributed by atoms with Gasteiger partial charge in [-0.15, -0.1) is 0 Å². The molecule has 0 aromatic heterocycles. The van der Waals surface area contributed by atoms with Gasteiger partial charge in [-0.05, 0) is 42.8 Å². The molecule has 130 valence electrons. The summed E-state index contributed by atoms with van der Waals surface area (Å²) in [5.41, 5.74) is 0. The summed E-state index contributed by atoms with van der Waals surface area (Å²) in [4.78, 5) is 0. The Labute approximate surface area is 155 Å². The van der Waals surface area contributed by atoms with Crippen molar-refractivity contribution in [3.05, 3.63) is 61.7 Å². The maximum absolute atomic E-state index is 5.81. The molecule has 2 rings (SSSR count). The Morgan fingerprint density at radius 1 is 0.792 bits per heavy atom. The zero-order chi connectivity index (χ0) is 17.3. The summed E-state index contributed by atoms with van der Waals surface area (Å²) in [5.74, 6) is 0.898. The van der Waals surface area contributed by atoms with Gasteiger partial charge in [-0.3, -0.25) is 0 Å². The molecule has 0 fully saturated rings. The van der Waals surface area contributed by atoms with Gasteiger partial charge in [0.25, 0.3) is 0 Å². The lowest BCUT2D eigenvalue weighted by Crippen LogP contribution is -3.61. The predicted octanol–water partition coefficient (Wildman–Crippen LogP) is 0.462. The van der Waals surface area contributed by atoms with E-state index in [4.69, 9.17) is 18.0 Å². The van der Waals surface area contributed by atoms with Gasteiger partial charge in [-0.25, -0.2) is 0 Å². The average Bonchev–Trinajstić information content (AvgIpc) is 2.65. The van der Waals surface area contributed by atoms with E-state index in [1.54, 1.807) is 21.3 Å². The van der Waals surface area contributed by atoms with Gasteiger partial charge in [0.2, 0.25) is 0 Å². The standard InChI is InChI=1S/C18H24IO4Si/c1-20-24(21-2,22-3)15-7-14-23-18-12-10-17(11-13-18)19-16-8-5-4-6-9-16/h4-6,8-13H,7,14-15H2,1-3H3/q+1. The van der Waals surface area contributed by atoms with Gasteiger partial charge >= 0.3 is 30.0 Å². The van der Waals surface area contributed by atoms with Crippen LogP contribution in [-0.4, -0.2) is 36.7 Å². The van der Waals surface area contributed by atoms with Crippen LogP contribution in [0.25, 0.3) is 0 Å². The lowest BCUT2D eigenvalue weighted by molar-refractivity contribution is -0.597. The zero-order valence-corrected chi connectivity index (χ0v) is 17.5. The summed E-state index contributed by atoms with van der Waals surface area (Å²) >= 11 is -0.123. The Morgan fingerprint density at radius 2 is 1.38 bits per heavy atom. The summed E-state index contributed by atoms with van der Waals surface area (Å²) in [7, 11) is 2.42. The van der Waals surface area contributed by atoms with E-state index < -0.39 is 8.80 Å². The van der Waals surface area contributed by atoms with Crippen LogP contribution in [0.1, 0.15) is 6.42 Å². The molecule has 0 spiro atoms. The Morgan fingerprint density at radius 3 is 1.96 bits per heavy atom. The van der Waals surface area contributed by atoms with Gasteiger partial charge < -0.3 is 18.0 Å². The van der Waals surface area contributed by atoms with Crippen molar-refractivity contribution in [2.75, 3.05) is 27.9 Å². The fourth-order valence-electron chi connectivity index (χ4n) is 2.23. The smallest absolute Gasteiger partial charge is 0.494 e. The number of rotatable bonds is 10. The number of hydrogen-bond acceptors (Lipinski definition) is 4. The van der Waals surface area contributed by atoms with E-state index >= 15 is 0 Å². The molecular weight excluding hydrogens is 435 g/mol. The summed E-state index contributed by atoms with van der Waals surface area (Å²) < 4.78 is 24.8. The molecule has 2 aromatic carbocycles. The molecular formula is C18H24IO4Si+. The van der Waals surface area contributed by atoms with Gasteiger partial charge in [-0.1, -0.05) is 18.2 Å². The first-order chi connectivity index (χ1) is 11.7. The first kappa shape index (κ1) is 19.4. The predicted molar refractivity (Wildman–Crippen MR) is 92.0 cm³/mol. The van der Waals surface area contributed by atoms with Crippen LogP contribution >= 0.6 is 0 Å². The molecule has 2 aromatic rings. The third-order valence-electron chi connectivity index (χ3n) is 3.59. The highest BCUT2D eigenvalue weighted by Crippen LogP contribution is 2.16. The van der Waals surface area contributed by atoms with E-state index in [0.29, 0.717) is 6.61 Å². The van der Waals surface area contributed by atoms with Crippen molar-refractivity contribution in [2.24, 2.45) is 0 Å². The molecule has 0 heterocycles. The van der Waals surface area contributed by atoms with Crippen LogP contribution < -0.4 is 25.9 Å². The topological polar surface area (TPSA) is 36.9 Å². The number of hydrogen-bond donors (Lipinski definition) is 0. The fourth-order valence-corrected chi connectivity index (χ4v) is 6.14. The molecule has 0 aliphatic heterocycles. The van der Waals surface area contributed by atoms with Gasteiger partial charge in [0.1, 0.15) is 5.75 Å². The van der Waals surface area contributed by atoms with Crippen molar-refractivity contribution < 1.29 is 39.2 Å². The maximum Gasteiger partial charge on any atom is 0.500 e. The van der Waals surface area contributed by atoms with E-state index in [9.17, 15) is 0 Å². The second kappa shape index (κ2) is 10.1. The minimum absolute atomic E-state index is 0.123. The molecule has 0 aliphatic carbocycles. The monoisotopic (exact) mass is 459 g/mol. The molecule has 0 atom stereocenters. The molecule has 0 bridgehead atoms. The molecule has 0 aliphatic rings. The van der Waals surface area contributed by atoms with Crippen LogP contribution in [0.4, 0.5) is 0 Å². The van der Waals surface area contributed by atoms with Crippen LogP contribution in [0.5, 0.6) is 5.75 Å². The van der Waals surface area contributed by atoms with Gasteiger partial charge in [-0.2, -0.15) is 0 Å². The van der Waals surface area contributed by atoms with Crippen molar-refractivity contribution in [1.82, 2.24) is 0 Å². The van der Waals surface area contributed by atoms with E-state index in [0.717, 1.165) is 18.2 Å². The Balaban J connectivity index is 1.78. The van der Waals surface area contributed by atoms with Gasteiger partial charge in [0.15, 0.2) is 7.14 Å². The normalized spacial score (nSPS) is 11.5. The molecule has 24 heavy (non-hydrogen) atoms. The molecule has 0 unspecified atom stereocenters. The maximum atomic E-state index is 5.81. The Hall–Kier alpha value is -0.933. The summed E-state index contributed by atoms with van der Waals surface area (Å²) in [6.45, 7) is 0.623. The third kappa shape index (κ3) is 5.85. The molecule has 0 radical (unpaired) electrons. The zero-order valence-electron chi connectivity index (χ0n) is 14.3. The summed E-state index contributed by atoms with van der Waals surface area (Å²) in [5, 5.41) is 0. The minimum atomic E-state index is -2.48. The first-order valence-corrected chi connectivity index (χ1v) is 11.9. The Kier molecular flexibility index (Phi) is 8.20. The molecule has 0 amide bonds. The highest BCUT2D eigenvalue weighted by molar-refractivity contribution is 6.60. The van der Waals surface area contributed by atoms with E-state index in [-0.39, 0.29) is 21.2 Å². The third-order valence-corrected chi connectivity index (χ3v) is 9.11. The lowest BCUT2D eigenvalue weighted by Gasteiger charge is -2.24. The van der Waals surface area contributed by atoms with Crippen molar-refractivity contribution >= 4 is 8.80 Å². The summed E-state index contributed by atoms with van der Waals surface area (Å²) in [6, 6.07) is 19.8. The van der Waals surface area contributed by atoms with Crippen LogP contribution in [0.2, 0.25) is 6.04 Å². The quantitative estimate of drug-likeness (QED) is 0.294. The van der Waals surface area contributed by atoms with Crippen LogP contribution in [0.15, 0.2) is 54.6 Å². The highest BCUT2D eigenvalue weighted by atomic mass is 127. The summed E-state index contributed by atoms with van der Waals surface area (Å²) in [6.07, 6.45) is 0.834. The lowest BCUT2D eigenvalue weighted by atomic mass is 10.3. The SMILES string of the molecule is CO[Si](CCCOc1ccc([I+]c2ccccc2)cc1)(OC)OC. The molecule has 6 heteroatoms. The molecule has 0 saturated heterocycles. The van der Waals surface area contributed by atoms with Crippen molar-refractivity contribution in [2.45, 2.75) is 12.5 Å². The fraction of sp³-hybridized carbons (Fsp3) is 0.333. The van der Waals surface area contributed by atoms with E-state index in [1.807, 2.05) is 12.1 Å². The number of ether oxygens (including phenoxy) is 1. The van der Waals surface area contributed by atoms with Crippen LogP contribution in [-0.2, 0) is 13.3 Å². The van der Waals surface area contributed by atoms with Crippen LogP contribution in [0.3, 0.4) is 0 Å².